The molecule has 0 unspecified atom stereocenters. The third-order valence-electron chi connectivity index (χ3n) is 4.41. The molecule has 1 aromatic rings. The van der Waals surface area contributed by atoms with Crippen LogP contribution in [0.15, 0.2) is 18.3 Å². The molecule has 1 saturated heterocycles. The maximum atomic E-state index is 12.2. The molecule has 2 heterocycles. The Balaban J connectivity index is 1.67. The first-order chi connectivity index (χ1) is 9.74. The minimum Gasteiger partial charge on any atom is -0.337 e. The maximum Gasteiger partial charge on any atom is 0.272 e. The van der Waals surface area contributed by atoms with Gasteiger partial charge in [0.2, 0.25) is 0 Å². The summed E-state index contributed by atoms with van der Waals surface area (Å²) in [7, 11) is 0. The highest BCUT2D eigenvalue weighted by atomic mass is 16.2. The molecule has 1 saturated carbocycles. The number of amides is 1. The van der Waals surface area contributed by atoms with Gasteiger partial charge in [-0.05, 0) is 43.2 Å². The molecule has 0 atom stereocenters. The van der Waals surface area contributed by atoms with Gasteiger partial charge >= 0.3 is 0 Å². The molecule has 1 aliphatic heterocycles. The van der Waals surface area contributed by atoms with Crippen LogP contribution in [-0.2, 0) is 4.79 Å². The Morgan fingerprint density at radius 3 is 2.45 bits per heavy atom. The standard InChI is InChI=1S/C16H20N2O2/c19-14-6-3-12(4-7-14)13-5-8-15(17-11-13)16(20)18-9-1-2-10-18/h5,8,11-12H,1-4,6-7,9-10H2. The van der Waals surface area contributed by atoms with E-state index in [1.165, 1.54) is 0 Å². The van der Waals surface area contributed by atoms with Crippen molar-refractivity contribution in [3.63, 3.8) is 0 Å². The molecule has 0 bridgehead atoms. The number of likely N-dealkylation sites (tertiary alicyclic amines) is 1. The highest BCUT2D eigenvalue weighted by Crippen LogP contribution is 2.30. The first kappa shape index (κ1) is 13.3. The predicted octanol–water partition coefficient (Wildman–Crippen LogP) is 2.54. The van der Waals surface area contributed by atoms with E-state index in [-0.39, 0.29) is 5.91 Å². The van der Waals surface area contributed by atoms with E-state index < -0.39 is 0 Å². The second-order valence-electron chi connectivity index (χ2n) is 5.79. The number of rotatable bonds is 2. The van der Waals surface area contributed by atoms with Crippen LogP contribution in [0.2, 0.25) is 0 Å². The lowest BCUT2D eigenvalue weighted by Crippen LogP contribution is -2.28. The molecule has 2 fully saturated rings. The number of pyridine rings is 1. The summed E-state index contributed by atoms with van der Waals surface area (Å²) < 4.78 is 0. The largest absolute Gasteiger partial charge is 0.337 e. The van der Waals surface area contributed by atoms with Crippen molar-refractivity contribution in [2.45, 2.75) is 44.4 Å². The smallest absolute Gasteiger partial charge is 0.272 e. The fraction of sp³-hybridized carbons (Fsp3) is 0.562. The molecule has 4 heteroatoms. The van der Waals surface area contributed by atoms with Gasteiger partial charge in [0, 0.05) is 32.1 Å². The van der Waals surface area contributed by atoms with Crippen LogP contribution in [0.1, 0.15) is 60.5 Å². The Hall–Kier alpha value is -1.71. The first-order valence-electron chi connectivity index (χ1n) is 7.51. The van der Waals surface area contributed by atoms with Crippen LogP contribution in [0.5, 0.6) is 0 Å². The van der Waals surface area contributed by atoms with Gasteiger partial charge in [-0.25, -0.2) is 0 Å². The summed E-state index contributed by atoms with van der Waals surface area (Å²) in [5.74, 6) is 0.846. The Morgan fingerprint density at radius 1 is 1.15 bits per heavy atom. The van der Waals surface area contributed by atoms with Crippen molar-refractivity contribution in [1.82, 2.24) is 9.88 Å². The van der Waals surface area contributed by atoms with Crippen LogP contribution in [0.4, 0.5) is 0 Å². The molecular weight excluding hydrogens is 252 g/mol. The zero-order valence-electron chi connectivity index (χ0n) is 11.7. The number of aromatic nitrogens is 1. The predicted molar refractivity (Wildman–Crippen MR) is 75.6 cm³/mol. The lowest BCUT2D eigenvalue weighted by molar-refractivity contribution is -0.120. The van der Waals surface area contributed by atoms with E-state index in [1.807, 2.05) is 23.2 Å². The van der Waals surface area contributed by atoms with Crippen molar-refractivity contribution < 1.29 is 9.59 Å². The molecule has 106 valence electrons. The summed E-state index contributed by atoms with van der Waals surface area (Å²) in [6, 6.07) is 3.85. The van der Waals surface area contributed by atoms with Gasteiger partial charge in [-0.1, -0.05) is 6.07 Å². The Morgan fingerprint density at radius 2 is 1.85 bits per heavy atom. The van der Waals surface area contributed by atoms with Gasteiger partial charge in [0.1, 0.15) is 11.5 Å². The lowest BCUT2D eigenvalue weighted by atomic mass is 9.84. The van der Waals surface area contributed by atoms with Crippen LogP contribution in [0, 0.1) is 0 Å². The van der Waals surface area contributed by atoms with E-state index in [0.29, 0.717) is 30.2 Å². The number of carbonyl (C=O) groups is 2. The number of Topliss-reactive ketones (excluding diaryl/α,β-unsaturated/α-hetero) is 1. The van der Waals surface area contributed by atoms with Gasteiger partial charge in [0.25, 0.3) is 5.91 Å². The first-order valence-corrected chi connectivity index (χ1v) is 7.51. The van der Waals surface area contributed by atoms with Gasteiger partial charge in [0.05, 0.1) is 0 Å². The fourth-order valence-corrected chi connectivity index (χ4v) is 3.13. The zero-order chi connectivity index (χ0) is 13.9. The van der Waals surface area contributed by atoms with Crippen LogP contribution in [0.3, 0.4) is 0 Å². The summed E-state index contributed by atoms with van der Waals surface area (Å²) in [4.78, 5) is 29.7. The van der Waals surface area contributed by atoms with Crippen LogP contribution >= 0.6 is 0 Å². The summed E-state index contributed by atoms with van der Waals surface area (Å²) in [6.45, 7) is 1.71. The zero-order valence-corrected chi connectivity index (χ0v) is 11.7. The minimum atomic E-state index is 0.0490. The van der Waals surface area contributed by atoms with E-state index in [1.54, 1.807) is 0 Å². The van der Waals surface area contributed by atoms with Crippen molar-refractivity contribution in [3.8, 4) is 0 Å². The van der Waals surface area contributed by atoms with Gasteiger partial charge in [-0.15, -0.1) is 0 Å². The molecule has 4 nitrogen and oxygen atoms in total. The summed E-state index contributed by atoms with van der Waals surface area (Å²) in [5.41, 5.74) is 1.71. The minimum absolute atomic E-state index is 0.0490. The van der Waals surface area contributed by atoms with Crippen molar-refractivity contribution in [1.29, 1.82) is 0 Å². The summed E-state index contributed by atoms with van der Waals surface area (Å²) in [6.07, 6.45) is 7.21. The van der Waals surface area contributed by atoms with Crippen molar-refractivity contribution in [2.75, 3.05) is 13.1 Å². The summed E-state index contributed by atoms with van der Waals surface area (Å²) >= 11 is 0. The second kappa shape index (κ2) is 5.73. The molecule has 1 aromatic heterocycles. The number of carbonyl (C=O) groups excluding carboxylic acids is 2. The molecule has 1 amide bonds. The Labute approximate surface area is 119 Å². The molecule has 1 aliphatic carbocycles. The fourth-order valence-electron chi connectivity index (χ4n) is 3.13. The number of hydrogen-bond donors (Lipinski definition) is 0. The quantitative estimate of drug-likeness (QED) is 0.831. The molecule has 0 spiro atoms. The van der Waals surface area contributed by atoms with Gasteiger partial charge in [-0.2, -0.15) is 0 Å². The lowest BCUT2D eigenvalue weighted by Gasteiger charge is -2.21. The number of nitrogens with zero attached hydrogens (tertiary/aromatic N) is 2. The molecule has 3 rings (SSSR count). The molecular formula is C16H20N2O2. The van der Waals surface area contributed by atoms with Crippen LogP contribution in [-0.4, -0.2) is 34.7 Å². The average molecular weight is 272 g/mol. The molecule has 0 aromatic carbocycles. The normalized spacial score (nSPS) is 20.4. The van der Waals surface area contributed by atoms with Gasteiger partial charge in [0.15, 0.2) is 0 Å². The molecule has 20 heavy (non-hydrogen) atoms. The molecule has 2 aliphatic rings. The molecule has 0 N–H and O–H groups in total. The van der Waals surface area contributed by atoms with E-state index in [9.17, 15) is 9.59 Å². The Kier molecular flexibility index (Phi) is 3.81. The summed E-state index contributed by atoms with van der Waals surface area (Å²) in [5, 5.41) is 0. The van der Waals surface area contributed by atoms with E-state index in [0.717, 1.165) is 44.3 Å². The number of hydrogen-bond acceptors (Lipinski definition) is 3. The number of ketones is 1. The van der Waals surface area contributed by atoms with Gasteiger partial charge < -0.3 is 4.90 Å². The van der Waals surface area contributed by atoms with E-state index in [2.05, 4.69) is 4.98 Å². The van der Waals surface area contributed by atoms with Crippen molar-refractivity contribution >= 4 is 11.7 Å². The highest BCUT2D eigenvalue weighted by Gasteiger charge is 2.23. The van der Waals surface area contributed by atoms with E-state index >= 15 is 0 Å². The topological polar surface area (TPSA) is 50.3 Å². The SMILES string of the molecule is O=C1CCC(c2ccc(C(=O)N3CCCC3)nc2)CC1. The van der Waals surface area contributed by atoms with Crippen LogP contribution in [0.25, 0.3) is 0 Å². The highest BCUT2D eigenvalue weighted by molar-refractivity contribution is 5.92. The monoisotopic (exact) mass is 272 g/mol. The van der Waals surface area contributed by atoms with Crippen molar-refractivity contribution in [3.05, 3.63) is 29.6 Å². The van der Waals surface area contributed by atoms with Crippen molar-refractivity contribution in [2.24, 2.45) is 0 Å². The second-order valence-corrected chi connectivity index (χ2v) is 5.79. The third kappa shape index (κ3) is 2.74. The van der Waals surface area contributed by atoms with E-state index in [4.69, 9.17) is 0 Å². The Bertz CT molecular complexity index is 494. The third-order valence-corrected chi connectivity index (χ3v) is 4.41. The van der Waals surface area contributed by atoms with Crippen LogP contribution < -0.4 is 0 Å². The average Bonchev–Trinajstić information content (AvgIpc) is 3.02. The maximum absolute atomic E-state index is 12.2. The molecule has 0 radical (unpaired) electrons. The van der Waals surface area contributed by atoms with Gasteiger partial charge in [-0.3, -0.25) is 14.6 Å².